The fraction of sp³-hybridized carbons (Fsp3) is 0.591. The lowest BCUT2D eigenvalue weighted by Crippen LogP contribution is -3.18. The van der Waals surface area contributed by atoms with Gasteiger partial charge in [-0.3, -0.25) is 15.0 Å². The van der Waals surface area contributed by atoms with Gasteiger partial charge in [0, 0.05) is 5.92 Å². The van der Waals surface area contributed by atoms with Crippen molar-refractivity contribution in [2.24, 2.45) is 5.92 Å². The molecule has 4 rings (SSSR count). The topological polar surface area (TPSA) is 83.0 Å². The lowest BCUT2D eigenvalue weighted by atomic mass is 9.78. The zero-order valence-electron chi connectivity index (χ0n) is 17.1. The number of piperidine rings is 1. The maximum atomic E-state index is 13.1. The molecule has 156 valence electrons. The van der Waals surface area contributed by atoms with Gasteiger partial charge < -0.3 is 10.2 Å². The van der Waals surface area contributed by atoms with Crippen LogP contribution in [0.4, 0.5) is 4.79 Å². The number of benzene rings is 1. The van der Waals surface area contributed by atoms with Crippen LogP contribution in [0.5, 0.6) is 0 Å². The van der Waals surface area contributed by atoms with Gasteiger partial charge in [-0.25, -0.2) is 4.79 Å². The summed E-state index contributed by atoms with van der Waals surface area (Å²) in [5, 5.41) is 3.68. The quantitative estimate of drug-likeness (QED) is 0.649. The van der Waals surface area contributed by atoms with Gasteiger partial charge in [-0.15, -0.1) is 0 Å². The van der Waals surface area contributed by atoms with E-state index in [1.54, 1.807) is 0 Å². The Labute approximate surface area is 171 Å². The maximum absolute atomic E-state index is 13.1. The summed E-state index contributed by atoms with van der Waals surface area (Å²) in [5.41, 5.74) is 2.19. The smallest absolute Gasteiger partial charge is 0.324 e. The fourth-order valence-electron chi connectivity index (χ4n) is 5.50. The van der Waals surface area contributed by atoms with E-state index >= 15 is 0 Å². The molecule has 2 saturated heterocycles. The lowest BCUT2D eigenvalue weighted by Gasteiger charge is -2.40. The zero-order valence-corrected chi connectivity index (χ0v) is 17.1. The third-order valence-corrected chi connectivity index (χ3v) is 7.02. The van der Waals surface area contributed by atoms with Crippen LogP contribution in [-0.4, -0.2) is 42.0 Å². The number of likely N-dealkylation sites (tertiary alicyclic amines) is 1. The first-order valence-corrected chi connectivity index (χ1v) is 10.9. The predicted octanol–water partition coefficient (Wildman–Crippen LogP) is 1.11. The molecule has 1 aliphatic carbocycles. The van der Waals surface area contributed by atoms with E-state index in [2.05, 4.69) is 10.7 Å². The third kappa shape index (κ3) is 3.64. The Kier molecular flexibility index (Phi) is 5.58. The van der Waals surface area contributed by atoms with E-state index in [0.29, 0.717) is 24.9 Å². The van der Waals surface area contributed by atoms with Crippen LogP contribution in [-0.2, 0) is 15.1 Å². The molecule has 1 aromatic rings. The molecule has 1 saturated carbocycles. The number of nitrogens with one attached hydrogen (secondary N) is 3. The molecule has 4 atom stereocenters. The minimum absolute atomic E-state index is 0.269. The van der Waals surface area contributed by atoms with E-state index in [-0.39, 0.29) is 5.91 Å². The number of rotatable bonds is 5. The second-order valence-corrected chi connectivity index (χ2v) is 8.61. The van der Waals surface area contributed by atoms with Gasteiger partial charge in [-0.05, 0) is 44.1 Å². The van der Waals surface area contributed by atoms with Gasteiger partial charge in [-0.2, -0.15) is 5.01 Å². The van der Waals surface area contributed by atoms with Crippen molar-refractivity contribution in [2.45, 2.75) is 63.5 Å². The Bertz CT molecular complexity index is 782. The molecule has 7 heteroatoms. The second kappa shape index (κ2) is 8.14. The Hall–Kier alpha value is -2.41. The first kappa shape index (κ1) is 19.9. The van der Waals surface area contributed by atoms with Gasteiger partial charge in [0.25, 0.3) is 11.8 Å². The van der Waals surface area contributed by atoms with Crippen molar-refractivity contribution in [3.63, 3.8) is 0 Å². The minimum Gasteiger partial charge on any atom is -0.324 e. The molecule has 4 amide bonds. The van der Waals surface area contributed by atoms with E-state index < -0.39 is 17.5 Å². The van der Waals surface area contributed by atoms with E-state index in [1.165, 1.54) is 37.0 Å². The second-order valence-electron chi connectivity index (χ2n) is 8.61. The normalized spacial score (nSPS) is 31.9. The number of hydrazine groups is 1. The molecule has 2 aliphatic heterocycles. The fourth-order valence-corrected chi connectivity index (χ4v) is 5.50. The molecule has 29 heavy (non-hydrogen) atoms. The number of urea groups is 1. The van der Waals surface area contributed by atoms with Crippen molar-refractivity contribution in [1.29, 1.82) is 0 Å². The predicted molar refractivity (Wildman–Crippen MR) is 108 cm³/mol. The highest BCUT2D eigenvalue weighted by molar-refractivity contribution is 6.08. The average Bonchev–Trinajstić information content (AvgIpc) is 3.00. The first-order chi connectivity index (χ1) is 14.0. The molecule has 3 N–H and O–H groups in total. The van der Waals surface area contributed by atoms with Crippen molar-refractivity contribution in [1.82, 2.24) is 15.8 Å². The largest absolute Gasteiger partial charge is 0.344 e. The Balaban J connectivity index is 1.44. The minimum atomic E-state index is -1.13. The van der Waals surface area contributed by atoms with Crippen LogP contribution in [0.15, 0.2) is 30.3 Å². The van der Waals surface area contributed by atoms with Crippen molar-refractivity contribution in [2.75, 3.05) is 13.1 Å². The lowest BCUT2D eigenvalue weighted by molar-refractivity contribution is -0.928. The summed E-state index contributed by atoms with van der Waals surface area (Å²) in [4.78, 5) is 39.8. The number of amides is 4. The molecule has 0 bridgehead atoms. The molecule has 1 aromatic carbocycles. The van der Waals surface area contributed by atoms with Crippen molar-refractivity contribution < 1.29 is 19.3 Å². The molecule has 7 nitrogen and oxygen atoms in total. The molecule has 3 fully saturated rings. The number of hydrogen-bond donors (Lipinski definition) is 3. The molecular formula is C22H31N4O3+. The van der Waals surface area contributed by atoms with Crippen LogP contribution >= 0.6 is 0 Å². The third-order valence-electron chi connectivity index (χ3n) is 7.02. The van der Waals surface area contributed by atoms with Gasteiger partial charge in [0.2, 0.25) is 0 Å². The molecule has 1 unspecified atom stereocenters. The van der Waals surface area contributed by atoms with Crippen LogP contribution in [0.25, 0.3) is 0 Å². The van der Waals surface area contributed by atoms with Gasteiger partial charge in [0.15, 0.2) is 6.54 Å². The van der Waals surface area contributed by atoms with Gasteiger partial charge in [0.1, 0.15) is 5.54 Å². The number of hydrogen-bond acceptors (Lipinski definition) is 3. The van der Waals surface area contributed by atoms with Crippen LogP contribution in [0, 0.1) is 5.92 Å². The standard InChI is InChI=1S/C22H30N4O3/c1-2-22(17-11-4-3-5-12-17)20(28)26(21(29)23-22)24-19(27)15-25-14-8-10-16-9-6-7-13-18(16)25/h3-5,11-12,16,18H,2,6-10,13-15H2,1H3,(H,23,29)(H,24,27)/p+1/t16-,18+,22+/m1/s1. The van der Waals surface area contributed by atoms with E-state index in [9.17, 15) is 14.4 Å². The van der Waals surface area contributed by atoms with Crippen LogP contribution in [0.3, 0.4) is 0 Å². The molecule has 0 radical (unpaired) electrons. The summed E-state index contributed by atoms with van der Waals surface area (Å²) in [5.74, 6) is 0.0197. The number of carbonyl (C=O) groups is 3. The summed E-state index contributed by atoms with van der Waals surface area (Å²) in [6.45, 7) is 3.15. The van der Waals surface area contributed by atoms with E-state index in [4.69, 9.17) is 0 Å². The number of carbonyl (C=O) groups excluding carboxylic acids is 3. The van der Waals surface area contributed by atoms with Crippen molar-refractivity contribution in [3.05, 3.63) is 35.9 Å². The van der Waals surface area contributed by atoms with Crippen molar-refractivity contribution >= 4 is 17.8 Å². The molecule has 0 spiro atoms. The van der Waals surface area contributed by atoms with Gasteiger partial charge in [0.05, 0.1) is 12.6 Å². The summed E-state index contributed by atoms with van der Waals surface area (Å²) < 4.78 is 0. The van der Waals surface area contributed by atoms with Crippen LogP contribution in [0.1, 0.15) is 57.4 Å². The SMILES string of the molecule is CC[C@@]1(c2ccccc2)NC(=O)N(NC(=O)C[NH+]2CCC[C@H]3CCCC[C@@H]32)C1=O. The number of imide groups is 1. The molecule has 3 aliphatic rings. The average molecular weight is 400 g/mol. The van der Waals surface area contributed by atoms with Gasteiger partial charge in [-0.1, -0.05) is 43.7 Å². The van der Waals surface area contributed by atoms with E-state index in [0.717, 1.165) is 23.5 Å². The monoisotopic (exact) mass is 399 g/mol. The number of fused-ring (bicyclic) bond motifs is 1. The Morgan fingerprint density at radius 1 is 1.17 bits per heavy atom. The highest BCUT2D eigenvalue weighted by Gasteiger charge is 2.52. The van der Waals surface area contributed by atoms with Crippen molar-refractivity contribution in [3.8, 4) is 0 Å². The highest BCUT2D eigenvalue weighted by Crippen LogP contribution is 2.31. The summed E-state index contributed by atoms with van der Waals surface area (Å²) in [7, 11) is 0. The Morgan fingerprint density at radius 3 is 2.66 bits per heavy atom. The first-order valence-electron chi connectivity index (χ1n) is 10.9. The zero-order chi connectivity index (χ0) is 20.4. The number of nitrogens with zero attached hydrogens (tertiary/aromatic N) is 1. The summed E-state index contributed by atoms with van der Waals surface area (Å²) >= 11 is 0. The van der Waals surface area contributed by atoms with Gasteiger partial charge >= 0.3 is 6.03 Å². The highest BCUT2D eigenvalue weighted by atomic mass is 16.2. The van der Waals surface area contributed by atoms with E-state index in [1.807, 2.05) is 37.3 Å². The maximum Gasteiger partial charge on any atom is 0.344 e. The number of quaternary nitrogens is 1. The summed E-state index contributed by atoms with van der Waals surface area (Å²) in [6, 6.07) is 9.17. The molecule has 2 heterocycles. The van der Waals surface area contributed by atoms with Crippen LogP contribution < -0.4 is 15.6 Å². The summed E-state index contributed by atoms with van der Waals surface area (Å²) in [6.07, 6.45) is 7.77. The van der Waals surface area contributed by atoms with Crippen LogP contribution in [0.2, 0.25) is 0 Å². The Morgan fingerprint density at radius 2 is 1.90 bits per heavy atom. The molecular weight excluding hydrogens is 368 g/mol. The molecule has 0 aromatic heterocycles.